The molecule has 1 N–H and O–H groups in total. The van der Waals surface area contributed by atoms with Crippen LogP contribution in [0, 0.1) is 0 Å². The first kappa shape index (κ1) is 29.3. The smallest absolute Gasteiger partial charge is 0.387 e. The van der Waals surface area contributed by atoms with Gasteiger partial charge < -0.3 is 14.2 Å². The molecule has 1 amide bonds. The van der Waals surface area contributed by atoms with E-state index < -0.39 is 33.5 Å². The summed E-state index contributed by atoms with van der Waals surface area (Å²) in [5, 5.41) is -0.579. The molecule has 0 aliphatic carbocycles. The van der Waals surface area contributed by atoms with Gasteiger partial charge in [0, 0.05) is 35.5 Å². The second kappa shape index (κ2) is 9.88. The molecular formula is C27H29B3F2N6O4S. The van der Waals surface area contributed by atoms with Gasteiger partial charge in [-0.3, -0.25) is 4.79 Å². The average Bonchev–Trinajstić information content (AvgIpc) is 3.39. The van der Waals surface area contributed by atoms with Crippen molar-refractivity contribution in [1.82, 2.24) is 29.1 Å². The number of alkyl halides is 2. The second-order valence-electron chi connectivity index (χ2n) is 12.5. The summed E-state index contributed by atoms with van der Waals surface area (Å²) in [7, 11) is 2.36. The van der Waals surface area contributed by atoms with E-state index in [0.29, 0.717) is 40.3 Å². The number of nitrogens with one attached hydrogen (secondary N) is 1. The Kier molecular flexibility index (Phi) is 6.73. The summed E-state index contributed by atoms with van der Waals surface area (Å²) in [5.41, 5.74) is 2.68. The number of hydrogen-bond donors (Lipinski definition) is 1. The number of amides is 1. The predicted octanol–water partition coefficient (Wildman–Crippen LogP) is 0.880. The molecule has 0 spiro atoms. The summed E-state index contributed by atoms with van der Waals surface area (Å²) >= 11 is 0. The molecule has 2 bridgehead atoms. The first-order chi connectivity index (χ1) is 20.0. The number of ether oxygens (including phenoxy) is 1. The minimum Gasteiger partial charge on any atom is -0.434 e. The van der Waals surface area contributed by atoms with Gasteiger partial charge in [-0.05, 0) is 48.9 Å². The molecule has 6 rings (SSSR count). The van der Waals surface area contributed by atoms with E-state index in [-0.39, 0.29) is 17.7 Å². The van der Waals surface area contributed by atoms with Crippen molar-refractivity contribution in [3.8, 4) is 16.9 Å². The van der Waals surface area contributed by atoms with Gasteiger partial charge >= 0.3 is 6.61 Å². The first-order valence-corrected chi connectivity index (χ1v) is 15.7. The summed E-state index contributed by atoms with van der Waals surface area (Å²) < 4.78 is 60.2. The highest BCUT2D eigenvalue weighted by molar-refractivity contribution is 7.88. The maximum Gasteiger partial charge on any atom is 0.387 e. The quantitative estimate of drug-likeness (QED) is 0.312. The van der Waals surface area contributed by atoms with Gasteiger partial charge in [0.1, 0.15) is 40.9 Å². The van der Waals surface area contributed by atoms with E-state index in [1.807, 2.05) is 46.3 Å². The number of halogens is 2. The molecule has 4 heterocycles. The molecule has 220 valence electrons. The van der Waals surface area contributed by atoms with Gasteiger partial charge in [0.15, 0.2) is 0 Å². The molecule has 10 nitrogen and oxygen atoms in total. The van der Waals surface area contributed by atoms with E-state index in [0.717, 1.165) is 17.3 Å². The summed E-state index contributed by atoms with van der Waals surface area (Å²) in [6.45, 7) is 0.313. The van der Waals surface area contributed by atoms with Crippen molar-refractivity contribution in [3.05, 3.63) is 71.6 Å². The Morgan fingerprint density at radius 2 is 1.77 bits per heavy atom. The van der Waals surface area contributed by atoms with Crippen LogP contribution >= 0.6 is 0 Å². The normalized spacial score (nSPS) is 18.6. The zero-order valence-electron chi connectivity index (χ0n) is 24.6. The molecule has 2 aliphatic heterocycles. The van der Waals surface area contributed by atoms with Crippen LogP contribution in [0.25, 0.3) is 22.2 Å². The molecule has 0 saturated carbocycles. The van der Waals surface area contributed by atoms with Crippen molar-refractivity contribution in [2.75, 3.05) is 6.26 Å². The Morgan fingerprint density at radius 1 is 1.07 bits per heavy atom. The van der Waals surface area contributed by atoms with Crippen molar-refractivity contribution < 1.29 is 26.7 Å². The highest BCUT2D eigenvalue weighted by Gasteiger charge is 2.48. The van der Waals surface area contributed by atoms with Crippen molar-refractivity contribution in [3.63, 3.8) is 0 Å². The molecule has 16 heteroatoms. The van der Waals surface area contributed by atoms with Gasteiger partial charge in [-0.2, -0.15) is 8.78 Å². The fourth-order valence-electron chi connectivity index (χ4n) is 6.37. The lowest BCUT2D eigenvalue weighted by molar-refractivity contribution is -0.0507. The number of benzene rings is 2. The van der Waals surface area contributed by atoms with Gasteiger partial charge in [0.05, 0.1) is 34.9 Å². The minimum absolute atomic E-state index is 0.0273. The SMILES string of the molecule is BC(B)(B)N1C(=O)c2cccc(OC(F)F)c2[C@H]2C[C@@H]1c1nc3ccc(-c4cnc(C(C)(C)NS(C)(=O)=O)nc4)cc3n12. The summed E-state index contributed by atoms with van der Waals surface area (Å²) in [5.74, 6) is 0.714. The van der Waals surface area contributed by atoms with E-state index in [1.54, 1.807) is 43.3 Å². The van der Waals surface area contributed by atoms with Crippen LogP contribution in [-0.2, 0) is 15.6 Å². The Balaban J connectivity index is 1.49. The van der Waals surface area contributed by atoms with Gasteiger partial charge in [0.2, 0.25) is 10.0 Å². The van der Waals surface area contributed by atoms with Crippen molar-refractivity contribution in [2.45, 2.75) is 49.7 Å². The third-order valence-corrected chi connectivity index (χ3v) is 8.74. The van der Waals surface area contributed by atoms with E-state index in [4.69, 9.17) is 9.72 Å². The van der Waals surface area contributed by atoms with E-state index in [9.17, 15) is 22.0 Å². The van der Waals surface area contributed by atoms with Crippen LogP contribution in [0.2, 0.25) is 0 Å². The fourth-order valence-corrected chi connectivity index (χ4v) is 7.39. The number of fused-ring (bicyclic) bond motifs is 9. The number of carbonyl (C=O) groups is 1. The zero-order valence-corrected chi connectivity index (χ0v) is 25.4. The molecule has 0 fully saturated rings. The Bertz CT molecular complexity index is 1880. The number of sulfonamides is 1. The number of aromatic nitrogens is 4. The topological polar surface area (TPSA) is 119 Å². The highest BCUT2D eigenvalue weighted by Crippen LogP contribution is 2.51. The van der Waals surface area contributed by atoms with Crippen LogP contribution in [0.15, 0.2) is 48.8 Å². The third-order valence-electron chi connectivity index (χ3n) is 7.86. The number of carbonyl (C=O) groups excluding carboxylic acids is 1. The van der Waals surface area contributed by atoms with E-state index in [2.05, 4.69) is 14.7 Å². The number of nitrogens with zero attached hydrogens (tertiary/aromatic N) is 5. The maximum absolute atomic E-state index is 13.9. The van der Waals surface area contributed by atoms with Crippen LogP contribution in [-0.4, -0.2) is 80.4 Å². The van der Waals surface area contributed by atoms with Crippen LogP contribution in [0.1, 0.15) is 59.9 Å². The largest absolute Gasteiger partial charge is 0.434 e. The van der Waals surface area contributed by atoms with Crippen LogP contribution in [0.3, 0.4) is 0 Å². The molecule has 0 unspecified atom stereocenters. The molecule has 2 aliphatic rings. The van der Waals surface area contributed by atoms with Crippen molar-refractivity contribution in [2.24, 2.45) is 0 Å². The number of rotatable bonds is 7. The maximum atomic E-state index is 13.9. The van der Waals surface area contributed by atoms with Crippen LogP contribution in [0.4, 0.5) is 8.78 Å². The Morgan fingerprint density at radius 3 is 2.40 bits per heavy atom. The highest BCUT2D eigenvalue weighted by atomic mass is 32.2. The standard InChI is InChI=1S/C27H29B3F2N6O4S/c1-26(2,36-43(3,40)41)24-33-11-14(12-34-24)13-7-8-16-17(9-13)37-18-10-19(22(37)35-16)38(27(28,29)30)23(39)15-5-4-6-20(21(15)18)42-25(31)32/h4-9,11-12,18-19,25,36H,10,28-30H2,1-3H3/t18-,19-/m1/s1. The minimum atomic E-state index is -3.49. The van der Waals surface area contributed by atoms with Gasteiger partial charge in [0.25, 0.3) is 5.91 Å². The lowest BCUT2D eigenvalue weighted by Crippen LogP contribution is -2.54. The van der Waals surface area contributed by atoms with E-state index in [1.165, 1.54) is 6.07 Å². The van der Waals surface area contributed by atoms with E-state index >= 15 is 0 Å². The summed E-state index contributed by atoms with van der Waals surface area (Å²) in [6, 6.07) is 9.56. The monoisotopic (exact) mass is 604 g/mol. The molecule has 2 aromatic carbocycles. The molecule has 2 atom stereocenters. The van der Waals surface area contributed by atoms with Crippen LogP contribution in [0.5, 0.6) is 5.75 Å². The summed E-state index contributed by atoms with van der Waals surface area (Å²) in [6.07, 6.45) is 4.80. The molecule has 4 aromatic rings. The van der Waals surface area contributed by atoms with Crippen molar-refractivity contribution in [1.29, 1.82) is 0 Å². The molecular weight excluding hydrogens is 575 g/mol. The average molecular weight is 604 g/mol. The van der Waals surface area contributed by atoms with Gasteiger partial charge in [-0.25, -0.2) is 28.1 Å². The van der Waals surface area contributed by atoms with Crippen molar-refractivity contribution >= 4 is 50.5 Å². The van der Waals surface area contributed by atoms with Gasteiger partial charge in [-0.15, -0.1) is 0 Å². The Hall–Kier alpha value is -3.78. The molecule has 2 aromatic heterocycles. The predicted molar refractivity (Wildman–Crippen MR) is 165 cm³/mol. The van der Waals surface area contributed by atoms with Crippen LogP contribution < -0.4 is 9.46 Å². The number of hydrogen-bond acceptors (Lipinski definition) is 7. The number of imidazole rings is 1. The van der Waals surface area contributed by atoms with Gasteiger partial charge in [-0.1, -0.05) is 12.1 Å². The molecule has 43 heavy (non-hydrogen) atoms. The lowest BCUT2D eigenvalue weighted by Gasteiger charge is -2.40. The zero-order chi connectivity index (χ0) is 31.1. The molecule has 0 saturated heterocycles. The Labute approximate surface area is 250 Å². The summed E-state index contributed by atoms with van der Waals surface area (Å²) in [4.78, 5) is 29.6. The second-order valence-corrected chi connectivity index (χ2v) is 14.3. The lowest BCUT2D eigenvalue weighted by atomic mass is 9.48. The first-order valence-electron chi connectivity index (χ1n) is 13.8. The fraction of sp³-hybridized carbons (Fsp3) is 0.333. The third kappa shape index (κ3) is 5.09. The molecule has 0 radical (unpaired) electrons.